The third-order valence-electron chi connectivity index (χ3n) is 3.50. The molecule has 7 heteroatoms. The number of carbonyl (C=O) groups excluding carboxylic acids is 2. The molecule has 2 heterocycles. The second kappa shape index (κ2) is 5.85. The number of aliphatic hydroxyl groups is 1. The summed E-state index contributed by atoms with van der Waals surface area (Å²) in [6.45, 7) is 0. The number of rotatable bonds is 4. The van der Waals surface area contributed by atoms with Crippen LogP contribution < -0.4 is 5.32 Å². The number of furan rings is 1. The topological polar surface area (TPSA) is 79.5 Å². The van der Waals surface area contributed by atoms with Crippen molar-refractivity contribution in [1.29, 1.82) is 0 Å². The van der Waals surface area contributed by atoms with Crippen LogP contribution in [0.5, 0.6) is 0 Å². The van der Waals surface area contributed by atoms with Crippen LogP contribution in [-0.2, 0) is 15.2 Å². The summed E-state index contributed by atoms with van der Waals surface area (Å²) in [5.74, 6) is -0.666. The highest BCUT2D eigenvalue weighted by atomic mass is 35.5. The third-order valence-corrected chi connectivity index (χ3v) is 4.02. The van der Waals surface area contributed by atoms with Crippen LogP contribution in [0.15, 0.2) is 41.0 Å². The van der Waals surface area contributed by atoms with E-state index in [4.69, 9.17) is 27.6 Å². The highest BCUT2D eigenvalue weighted by Crippen LogP contribution is 2.44. The Bertz CT molecular complexity index is 814. The third kappa shape index (κ3) is 2.91. The van der Waals surface area contributed by atoms with Crippen molar-refractivity contribution in [2.45, 2.75) is 12.0 Å². The number of benzene rings is 1. The highest BCUT2D eigenvalue weighted by Gasteiger charge is 2.48. The van der Waals surface area contributed by atoms with Gasteiger partial charge in [-0.3, -0.25) is 9.59 Å². The lowest BCUT2D eigenvalue weighted by Gasteiger charge is -2.20. The average Bonchev–Trinajstić information content (AvgIpc) is 3.04. The van der Waals surface area contributed by atoms with Crippen LogP contribution in [-0.4, -0.2) is 16.8 Å². The number of ketones is 1. The van der Waals surface area contributed by atoms with E-state index in [1.807, 2.05) is 0 Å². The van der Waals surface area contributed by atoms with Gasteiger partial charge in [-0.25, -0.2) is 0 Å². The quantitative estimate of drug-likeness (QED) is 0.827. The molecule has 3 rings (SSSR count). The Kier molecular flexibility index (Phi) is 4.02. The van der Waals surface area contributed by atoms with Gasteiger partial charge in [0.1, 0.15) is 5.76 Å². The number of fused-ring (bicyclic) bond motifs is 1. The fraction of sp³-hybridized carbons (Fsp3) is 0.125. The van der Waals surface area contributed by atoms with Gasteiger partial charge in [-0.15, -0.1) is 0 Å². The summed E-state index contributed by atoms with van der Waals surface area (Å²) in [6.07, 6.45) is 3.74. The summed E-state index contributed by atoms with van der Waals surface area (Å²) >= 11 is 12.0. The minimum absolute atomic E-state index is 0.121. The zero-order valence-corrected chi connectivity index (χ0v) is 13.2. The second-order valence-corrected chi connectivity index (χ2v) is 5.96. The molecule has 5 nitrogen and oxygen atoms in total. The Morgan fingerprint density at radius 3 is 2.87 bits per heavy atom. The molecule has 2 N–H and O–H groups in total. The van der Waals surface area contributed by atoms with Crippen molar-refractivity contribution in [3.63, 3.8) is 0 Å². The predicted molar refractivity (Wildman–Crippen MR) is 86.4 cm³/mol. The van der Waals surface area contributed by atoms with Crippen molar-refractivity contribution in [3.05, 3.63) is 58.0 Å². The lowest BCUT2D eigenvalue weighted by atomic mass is 9.89. The summed E-state index contributed by atoms with van der Waals surface area (Å²) in [5.41, 5.74) is -1.56. The van der Waals surface area contributed by atoms with E-state index in [0.717, 1.165) is 0 Å². The molecule has 0 saturated heterocycles. The van der Waals surface area contributed by atoms with Crippen LogP contribution in [0.4, 0.5) is 5.69 Å². The maximum absolute atomic E-state index is 12.1. The van der Waals surface area contributed by atoms with Gasteiger partial charge < -0.3 is 14.8 Å². The van der Waals surface area contributed by atoms with Crippen molar-refractivity contribution in [3.8, 4) is 0 Å². The van der Waals surface area contributed by atoms with Gasteiger partial charge in [0.2, 0.25) is 0 Å². The van der Waals surface area contributed by atoms with Crippen molar-refractivity contribution in [1.82, 2.24) is 0 Å². The molecule has 118 valence electrons. The van der Waals surface area contributed by atoms with Crippen molar-refractivity contribution in [2.75, 3.05) is 5.32 Å². The number of allylic oxidation sites excluding steroid dienone is 1. The standard InChI is InChI=1S/C16H11Cl2NO4/c17-9-6-12(18)14-13(7-9)19-15(21)16(14,22)8-10(20)3-4-11-2-1-5-23-11/h1-7,22H,8H2,(H,19,21)/b4-3+/t16-/m0/s1. The molecule has 2 aromatic rings. The van der Waals surface area contributed by atoms with Gasteiger partial charge in [-0.05, 0) is 36.4 Å². The van der Waals surface area contributed by atoms with Gasteiger partial charge in [-0.2, -0.15) is 0 Å². The molecule has 1 atom stereocenters. The van der Waals surface area contributed by atoms with Gasteiger partial charge in [0, 0.05) is 10.6 Å². The zero-order valence-electron chi connectivity index (χ0n) is 11.7. The van der Waals surface area contributed by atoms with Crippen molar-refractivity contribution >= 4 is 46.7 Å². The van der Waals surface area contributed by atoms with Crippen LogP contribution in [0, 0.1) is 0 Å². The molecule has 0 saturated carbocycles. The molecule has 0 unspecified atom stereocenters. The van der Waals surface area contributed by atoms with E-state index < -0.39 is 23.7 Å². The van der Waals surface area contributed by atoms with Gasteiger partial charge in [0.05, 0.1) is 23.4 Å². The number of anilines is 1. The van der Waals surface area contributed by atoms with E-state index in [2.05, 4.69) is 5.32 Å². The van der Waals surface area contributed by atoms with Crippen molar-refractivity contribution in [2.24, 2.45) is 0 Å². The zero-order chi connectivity index (χ0) is 16.6. The summed E-state index contributed by atoms with van der Waals surface area (Å²) in [6, 6.07) is 6.25. The molecule has 0 bridgehead atoms. The fourth-order valence-electron chi connectivity index (χ4n) is 2.47. The first-order valence-corrected chi connectivity index (χ1v) is 7.43. The molecule has 23 heavy (non-hydrogen) atoms. The van der Waals surface area contributed by atoms with E-state index in [9.17, 15) is 14.7 Å². The molecular weight excluding hydrogens is 341 g/mol. The number of nitrogens with one attached hydrogen (secondary N) is 1. The molecule has 1 aromatic heterocycles. The molecule has 1 aromatic carbocycles. The van der Waals surface area contributed by atoms with Crippen molar-refractivity contribution < 1.29 is 19.1 Å². The Morgan fingerprint density at radius 1 is 1.39 bits per heavy atom. The normalized spacial score (nSPS) is 19.9. The molecule has 1 amide bonds. The molecule has 0 radical (unpaired) electrons. The molecule has 0 fully saturated rings. The average molecular weight is 352 g/mol. The van der Waals surface area contributed by atoms with Gasteiger partial charge in [0.25, 0.3) is 5.91 Å². The lowest BCUT2D eigenvalue weighted by Crippen LogP contribution is -2.36. The van der Waals surface area contributed by atoms with Crippen LogP contribution in [0.25, 0.3) is 6.08 Å². The first kappa shape index (κ1) is 15.8. The summed E-state index contributed by atoms with van der Waals surface area (Å²) in [7, 11) is 0. The SMILES string of the molecule is O=C(/C=C/c1ccco1)C[C@@]1(O)C(=O)Nc2cc(Cl)cc(Cl)c21. The van der Waals surface area contributed by atoms with E-state index >= 15 is 0 Å². The highest BCUT2D eigenvalue weighted by molar-refractivity contribution is 6.36. The van der Waals surface area contributed by atoms with Crippen LogP contribution in [0.2, 0.25) is 10.0 Å². The predicted octanol–water partition coefficient (Wildman–Crippen LogP) is 3.40. The Balaban J connectivity index is 1.88. The van der Waals surface area contributed by atoms with E-state index in [-0.39, 0.29) is 10.6 Å². The maximum Gasteiger partial charge on any atom is 0.261 e. The number of hydrogen-bond donors (Lipinski definition) is 2. The summed E-state index contributed by atoms with van der Waals surface area (Å²) in [4.78, 5) is 24.2. The summed E-state index contributed by atoms with van der Waals surface area (Å²) < 4.78 is 5.07. The van der Waals surface area contributed by atoms with Gasteiger partial charge in [-0.1, -0.05) is 23.2 Å². The maximum atomic E-state index is 12.1. The Labute approximate surface area is 141 Å². The van der Waals surface area contributed by atoms with Crippen LogP contribution in [0.3, 0.4) is 0 Å². The molecular formula is C16H11Cl2NO4. The van der Waals surface area contributed by atoms with E-state index in [0.29, 0.717) is 16.5 Å². The summed E-state index contributed by atoms with van der Waals surface area (Å²) in [5, 5.41) is 13.6. The van der Waals surface area contributed by atoms with E-state index in [1.54, 1.807) is 12.1 Å². The first-order valence-electron chi connectivity index (χ1n) is 6.68. The van der Waals surface area contributed by atoms with Crippen LogP contribution >= 0.6 is 23.2 Å². The first-order chi connectivity index (χ1) is 10.9. The monoisotopic (exact) mass is 351 g/mol. The van der Waals surface area contributed by atoms with E-state index in [1.165, 1.54) is 30.5 Å². The lowest BCUT2D eigenvalue weighted by molar-refractivity contribution is -0.138. The number of carbonyl (C=O) groups is 2. The van der Waals surface area contributed by atoms with Crippen LogP contribution in [0.1, 0.15) is 17.7 Å². The fourth-order valence-corrected chi connectivity index (χ4v) is 3.12. The number of amides is 1. The largest absolute Gasteiger partial charge is 0.465 e. The smallest absolute Gasteiger partial charge is 0.261 e. The molecule has 1 aliphatic rings. The Morgan fingerprint density at radius 2 is 2.17 bits per heavy atom. The molecule has 0 aliphatic carbocycles. The Hall–Kier alpha value is -2.08. The second-order valence-electron chi connectivity index (χ2n) is 5.12. The molecule has 1 aliphatic heterocycles. The van der Waals surface area contributed by atoms with Gasteiger partial charge >= 0.3 is 0 Å². The molecule has 0 spiro atoms. The number of halogens is 2. The minimum atomic E-state index is -2.03. The number of hydrogen-bond acceptors (Lipinski definition) is 4. The minimum Gasteiger partial charge on any atom is -0.465 e. The van der Waals surface area contributed by atoms with Gasteiger partial charge in [0.15, 0.2) is 11.4 Å².